The van der Waals surface area contributed by atoms with Crippen LogP contribution in [0.15, 0.2) is 18.2 Å². The van der Waals surface area contributed by atoms with E-state index in [4.69, 9.17) is 0 Å². The molecule has 0 radical (unpaired) electrons. The molecule has 5 heteroatoms. The average molecular weight is 280 g/mol. The summed E-state index contributed by atoms with van der Waals surface area (Å²) in [5, 5.41) is 6.08. The lowest BCUT2D eigenvalue weighted by Crippen LogP contribution is -2.43. The predicted octanol–water partition coefficient (Wildman–Crippen LogP) is 1.97. The van der Waals surface area contributed by atoms with E-state index in [2.05, 4.69) is 10.6 Å². The molecule has 1 heterocycles. The smallest absolute Gasteiger partial charge is 0.237 e. The molecule has 2 aliphatic rings. The minimum Gasteiger partial charge on any atom is -0.351 e. The first-order valence-electron chi connectivity index (χ1n) is 7.10. The third kappa shape index (κ3) is 2.54. The summed E-state index contributed by atoms with van der Waals surface area (Å²) in [6.45, 7) is 1.14. The zero-order chi connectivity index (χ0) is 14.1. The Morgan fingerprint density at radius 2 is 2.15 bits per heavy atom. The molecule has 0 bridgehead atoms. The van der Waals surface area contributed by atoms with Gasteiger partial charge < -0.3 is 10.6 Å². The summed E-state index contributed by atoms with van der Waals surface area (Å²) >= 11 is 0. The first-order chi connectivity index (χ1) is 9.65. The maximum atomic E-state index is 13.1. The van der Waals surface area contributed by atoms with Gasteiger partial charge in [0, 0.05) is 6.54 Å². The summed E-state index contributed by atoms with van der Waals surface area (Å²) in [6.07, 6.45) is 3.50. The van der Waals surface area contributed by atoms with E-state index in [1.54, 1.807) is 0 Å². The molecular formula is C15H18F2N2O. The Morgan fingerprint density at radius 1 is 1.30 bits per heavy atom. The normalized spacial score (nSPS) is 28.4. The molecule has 108 valence electrons. The van der Waals surface area contributed by atoms with Crippen LogP contribution in [0.3, 0.4) is 0 Å². The predicted molar refractivity (Wildman–Crippen MR) is 70.8 cm³/mol. The highest BCUT2D eigenvalue weighted by atomic mass is 19.2. The Kier molecular flexibility index (Phi) is 3.70. The van der Waals surface area contributed by atoms with Crippen molar-refractivity contribution in [1.29, 1.82) is 0 Å². The van der Waals surface area contributed by atoms with E-state index in [0.717, 1.165) is 25.1 Å². The molecule has 1 aromatic rings. The molecule has 0 aromatic heterocycles. The largest absolute Gasteiger partial charge is 0.351 e. The van der Waals surface area contributed by atoms with E-state index in [-0.39, 0.29) is 18.5 Å². The summed E-state index contributed by atoms with van der Waals surface area (Å²) in [5.41, 5.74) is 0.568. The number of fused-ring (bicyclic) bond motifs is 1. The van der Waals surface area contributed by atoms with Crippen LogP contribution >= 0.6 is 0 Å². The molecule has 1 amide bonds. The maximum Gasteiger partial charge on any atom is 0.237 e. The van der Waals surface area contributed by atoms with Gasteiger partial charge in [-0.3, -0.25) is 4.79 Å². The van der Waals surface area contributed by atoms with Crippen molar-refractivity contribution in [3.8, 4) is 0 Å². The van der Waals surface area contributed by atoms with E-state index < -0.39 is 11.6 Å². The van der Waals surface area contributed by atoms with Gasteiger partial charge in [0.25, 0.3) is 0 Å². The Hall–Kier alpha value is -1.49. The van der Waals surface area contributed by atoms with Gasteiger partial charge in [-0.05, 0) is 48.9 Å². The molecule has 3 unspecified atom stereocenters. The molecule has 1 aliphatic heterocycles. The Labute approximate surface area is 116 Å². The second-order valence-electron chi connectivity index (χ2n) is 5.71. The summed E-state index contributed by atoms with van der Waals surface area (Å²) in [6, 6.07) is 3.56. The van der Waals surface area contributed by atoms with E-state index in [1.165, 1.54) is 18.9 Å². The van der Waals surface area contributed by atoms with Crippen LogP contribution < -0.4 is 10.6 Å². The highest BCUT2D eigenvalue weighted by Crippen LogP contribution is 2.37. The van der Waals surface area contributed by atoms with Crippen molar-refractivity contribution in [2.24, 2.45) is 11.8 Å². The number of halogens is 2. The third-order valence-electron chi connectivity index (χ3n) is 4.48. The zero-order valence-corrected chi connectivity index (χ0v) is 11.2. The SMILES string of the molecule is O=C(NCc1ccc(F)c(F)c1)C1NCC2CCCC21. The van der Waals surface area contributed by atoms with Gasteiger partial charge in [-0.1, -0.05) is 12.5 Å². The molecule has 0 spiro atoms. The van der Waals surface area contributed by atoms with Crippen molar-refractivity contribution in [3.05, 3.63) is 35.4 Å². The minimum absolute atomic E-state index is 0.0378. The van der Waals surface area contributed by atoms with Crippen LogP contribution in [-0.4, -0.2) is 18.5 Å². The zero-order valence-electron chi connectivity index (χ0n) is 11.2. The lowest BCUT2D eigenvalue weighted by atomic mass is 9.93. The monoisotopic (exact) mass is 280 g/mol. The fourth-order valence-electron chi connectivity index (χ4n) is 3.42. The van der Waals surface area contributed by atoms with Crippen LogP contribution in [0.5, 0.6) is 0 Å². The molecule has 1 saturated carbocycles. The fourth-order valence-corrected chi connectivity index (χ4v) is 3.42. The highest BCUT2D eigenvalue weighted by molar-refractivity contribution is 5.82. The highest BCUT2D eigenvalue weighted by Gasteiger charge is 2.42. The van der Waals surface area contributed by atoms with E-state index in [0.29, 0.717) is 17.4 Å². The molecule has 1 aliphatic carbocycles. The number of nitrogens with one attached hydrogen (secondary N) is 2. The second kappa shape index (κ2) is 5.48. The van der Waals surface area contributed by atoms with Gasteiger partial charge in [-0.25, -0.2) is 8.78 Å². The summed E-state index contributed by atoms with van der Waals surface area (Å²) in [4.78, 5) is 12.2. The molecule has 2 fully saturated rings. The van der Waals surface area contributed by atoms with Gasteiger partial charge in [0.1, 0.15) is 0 Å². The van der Waals surface area contributed by atoms with Crippen LogP contribution in [-0.2, 0) is 11.3 Å². The van der Waals surface area contributed by atoms with Crippen molar-refractivity contribution in [3.63, 3.8) is 0 Å². The van der Waals surface area contributed by atoms with Gasteiger partial charge in [0.2, 0.25) is 5.91 Å². The molecule has 2 N–H and O–H groups in total. The standard InChI is InChI=1S/C15H18F2N2O/c16-12-5-4-9(6-13(12)17)7-19-15(20)14-11-3-1-2-10(11)8-18-14/h4-6,10-11,14,18H,1-3,7-8H2,(H,19,20). The van der Waals surface area contributed by atoms with Gasteiger partial charge >= 0.3 is 0 Å². The molecular weight excluding hydrogens is 262 g/mol. The number of rotatable bonds is 3. The van der Waals surface area contributed by atoms with E-state index >= 15 is 0 Å². The van der Waals surface area contributed by atoms with Crippen molar-refractivity contribution in [2.75, 3.05) is 6.54 Å². The maximum absolute atomic E-state index is 13.1. The van der Waals surface area contributed by atoms with Crippen LogP contribution in [0.1, 0.15) is 24.8 Å². The van der Waals surface area contributed by atoms with E-state index in [9.17, 15) is 13.6 Å². The topological polar surface area (TPSA) is 41.1 Å². The lowest BCUT2D eigenvalue weighted by molar-refractivity contribution is -0.123. The minimum atomic E-state index is -0.883. The second-order valence-corrected chi connectivity index (χ2v) is 5.71. The van der Waals surface area contributed by atoms with Gasteiger partial charge in [-0.2, -0.15) is 0 Å². The lowest BCUT2D eigenvalue weighted by Gasteiger charge is -2.17. The molecule has 1 aromatic carbocycles. The number of hydrogen-bond donors (Lipinski definition) is 2. The van der Waals surface area contributed by atoms with Crippen molar-refractivity contribution in [1.82, 2.24) is 10.6 Å². The van der Waals surface area contributed by atoms with Crippen molar-refractivity contribution < 1.29 is 13.6 Å². The molecule has 3 atom stereocenters. The first kappa shape index (κ1) is 13.5. The summed E-state index contributed by atoms with van der Waals surface area (Å²) in [7, 11) is 0. The quantitative estimate of drug-likeness (QED) is 0.889. The number of benzene rings is 1. The summed E-state index contributed by atoms with van der Waals surface area (Å²) < 4.78 is 25.9. The molecule has 3 nitrogen and oxygen atoms in total. The number of amides is 1. The van der Waals surface area contributed by atoms with Gasteiger partial charge in [-0.15, -0.1) is 0 Å². The van der Waals surface area contributed by atoms with Crippen LogP contribution in [0.2, 0.25) is 0 Å². The average Bonchev–Trinajstić information content (AvgIpc) is 3.02. The molecule has 1 saturated heterocycles. The van der Waals surface area contributed by atoms with Crippen LogP contribution in [0, 0.1) is 23.5 Å². The fraction of sp³-hybridized carbons (Fsp3) is 0.533. The van der Waals surface area contributed by atoms with Crippen molar-refractivity contribution >= 4 is 5.91 Å². The third-order valence-corrected chi connectivity index (χ3v) is 4.48. The number of carbonyl (C=O) groups excluding carboxylic acids is 1. The van der Waals surface area contributed by atoms with Gasteiger partial charge in [0.15, 0.2) is 11.6 Å². The number of carbonyl (C=O) groups is 1. The molecule has 3 rings (SSSR count). The number of hydrogen-bond acceptors (Lipinski definition) is 2. The molecule has 20 heavy (non-hydrogen) atoms. The van der Waals surface area contributed by atoms with Crippen LogP contribution in [0.4, 0.5) is 8.78 Å². The van der Waals surface area contributed by atoms with Crippen LogP contribution in [0.25, 0.3) is 0 Å². The van der Waals surface area contributed by atoms with E-state index in [1.807, 2.05) is 0 Å². The van der Waals surface area contributed by atoms with Gasteiger partial charge in [0.05, 0.1) is 6.04 Å². The van der Waals surface area contributed by atoms with Crippen molar-refractivity contribution in [2.45, 2.75) is 31.8 Å². The Morgan fingerprint density at radius 3 is 2.95 bits per heavy atom. The first-order valence-corrected chi connectivity index (χ1v) is 7.10. The summed E-state index contributed by atoms with van der Waals surface area (Å²) in [5.74, 6) is -0.740. The Balaban J connectivity index is 1.58. The Bertz CT molecular complexity index is 521.